The summed E-state index contributed by atoms with van der Waals surface area (Å²) in [5.41, 5.74) is 3.33. The van der Waals surface area contributed by atoms with E-state index in [4.69, 9.17) is 0 Å². The average molecular weight is 325 g/mol. The highest BCUT2D eigenvalue weighted by molar-refractivity contribution is 5.92. The molecule has 0 saturated carbocycles. The topological polar surface area (TPSA) is 74.8 Å². The van der Waals surface area contributed by atoms with Crippen LogP contribution in [0.1, 0.15) is 31.2 Å². The highest BCUT2D eigenvalue weighted by atomic mass is 16.2. The Labute approximate surface area is 142 Å². The van der Waals surface area contributed by atoms with Crippen LogP contribution in [0.4, 0.5) is 0 Å². The molecule has 0 bridgehead atoms. The Morgan fingerprint density at radius 1 is 1.38 bits per heavy atom. The lowest BCUT2D eigenvalue weighted by Crippen LogP contribution is -2.40. The predicted octanol–water partition coefficient (Wildman–Crippen LogP) is 2.53. The molecule has 2 aromatic heterocycles. The molecule has 0 aromatic carbocycles. The fraction of sp³-hybridized carbons (Fsp3) is 0.444. The summed E-state index contributed by atoms with van der Waals surface area (Å²) >= 11 is 0. The zero-order valence-electron chi connectivity index (χ0n) is 14.2. The number of likely N-dealkylation sites (tertiary alicyclic amines) is 1. The van der Waals surface area contributed by atoms with E-state index in [2.05, 4.69) is 26.5 Å². The van der Waals surface area contributed by atoms with E-state index in [1.165, 1.54) is 0 Å². The summed E-state index contributed by atoms with van der Waals surface area (Å²) in [5.74, 6) is 1.19. The number of aromatic nitrogens is 4. The summed E-state index contributed by atoms with van der Waals surface area (Å²) < 4.78 is 0. The fourth-order valence-electron chi connectivity index (χ4n) is 3.21. The highest BCUT2D eigenvalue weighted by Crippen LogP contribution is 2.25. The second-order valence-corrected chi connectivity index (χ2v) is 6.51. The molecule has 2 aromatic rings. The number of carbonyl (C=O) groups excluding carboxylic acids is 1. The van der Waals surface area contributed by atoms with E-state index in [9.17, 15) is 4.79 Å². The molecule has 0 radical (unpaired) electrons. The third-order valence-corrected chi connectivity index (χ3v) is 4.35. The van der Waals surface area contributed by atoms with E-state index in [1.54, 1.807) is 25.5 Å². The van der Waals surface area contributed by atoms with Gasteiger partial charge >= 0.3 is 0 Å². The van der Waals surface area contributed by atoms with Gasteiger partial charge in [-0.05, 0) is 39.0 Å². The molecule has 3 heterocycles. The molecule has 1 atom stereocenters. The minimum absolute atomic E-state index is 0.0562. The number of H-pyrrole nitrogens is 1. The van der Waals surface area contributed by atoms with Crippen molar-refractivity contribution in [1.82, 2.24) is 24.8 Å². The summed E-state index contributed by atoms with van der Waals surface area (Å²) in [4.78, 5) is 30.7. The summed E-state index contributed by atoms with van der Waals surface area (Å²) in [6.07, 6.45) is 8.10. The van der Waals surface area contributed by atoms with Gasteiger partial charge in [-0.2, -0.15) is 0 Å². The van der Waals surface area contributed by atoms with Crippen LogP contribution in [0.3, 0.4) is 0 Å². The molecule has 0 spiro atoms. The first-order valence-corrected chi connectivity index (χ1v) is 8.31. The lowest BCUT2D eigenvalue weighted by molar-refractivity contribution is -0.128. The lowest BCUT2D eigenvalue weighted by atomic mass is 9.92. The number of hydrogen-bond acceptors (Lipinski definition) is 4. The van der Waals surface area contributed by atoms with Crippen LogP contribution >= 0.6 is 0 Å². The van der Waals surface area contributed by atoms with Crippen molar-refractivity contribution in [3.8, 4) is 11.5 Å². The first-order chi connectivity index (χ1) is 11.5. The Kier molecular flexibility index (Phi) is 4.74. The van der Waals surface area contributed by atoms with Gasteiger partial charge in [-0.3, -0.25) is 9.78 Å². The van der Waals surface area contributed by atoms with E-state index in [0.717, 1.165) is 55.3 Å². The molecule has 24 heavy (non-hydrogen) atoms. The quantitative estimate of drug-likeness (QED) is 0.877. The van der Waals surface area contributed by atoms with E-state index >= 15 is 0 Å². The minimum atomic E-state index is 0.0562. The van der Waals surface area contributed by atoms with Crippen LogP contribution in [0, 0.1) is 12.8 Å². The van der Waals surface area contributed by atoms with Crippen LogP contribution < -0.4 is 0 Å². The lowest BCUT2D eigenvalue weighted by Gasteiger charge is -2.33. The molecule has 1 N–H and O–H groups in total. The van der Waals surface area contributed by atoms with E-state index in [1.807, 2.05) is 11.8 Å². The number of aryl methyl sites for hydroxylation is 1. The first kappa shape index (κ1) is 16.4. The van der Waals surface area contributed by atoms with Crippen molar-refractivity contribution in [2.24, 2.45) is 5.92 Å². The number of aromatic amines is 1. The van der Waals surface area contributed by atoms with Gasteiger partial charge in [-0.15, -0.1) is 0 Å². The molecule has 1 aliphatic heterocycles. The number of amides is 1. The van der Waals surface area contributed by atoms with Crippen LogP contribution in [0.2, 0.25) is 0 Å². The van der Waals surface area contributed by atoms with Crippen LogP contribution in [-0.2, 0) is 11.2 Å². The molecule has 1 unspecified atom stereocenters. The van der Waals surface area contributed by atoms with Crippen molar-refractivity contribution in [3.05, 3.63) is 42.1 Å². The van der Waals surface area contributed by atoms with Crippen LogP contribution in [0.15, 0.2) is 30.7 Å². The minimum Gasteiger partial charge on any atom is -0.341 e. The Bertz CT molecular complexity index is 751. The molecule has 1 amide bonds. The van der Waals surface area contributed by atoms with Gasteiger partial charge in [0, 0.05) is 42.9 Å². The smallest absolute Gasteiger partial charge is 0.248 e. The summed E-state index contributed by atoms with van der Waals surface area (Å²) in [6.45, 7) is 9.07. The normalized spacial score (nSPS) is 17.8. The van der Waals surface area contributed by atoms with E-state index in [0.29, 0.717) is 11.5 Å². The van der Waals surface area contributed by atoms with Gasteiger partial charge in [-0.25, -0.2) is 9.97 Å². The molecule has 126 valence electrons. The zero-order chi connectivity index (χ0) is 17.1. The molecule has 1 saturated heterocycles. The molecule has 6 nitrogen and oxygen atoms in total. The van der Waals surface area contributed by atoms with Crippen LogP contribution in [-0.4, -0.2) is 43.8 Å². The van der Waals surface area contributed by atoms with Crippen LogP contribution in [0.5, 0.6) is 0 Å². The molecule has 1 fully saturated rings. The number of rotatable bonds is 4. The third-order valence-electron chi connectivity index (χ3n) is 4.35. The molecule has 0 aliphatic carbocycles. The third kappa shape index (κ3) is 3.53. The van der Waals surface area contributed by atoms with Gasteiger partial charge in [0.05, 0.1) is 5.69 Å². The fourth-order valence-corrected chi connectivity index (χ4v) is 3.21. The van der Waals surface area contributed by atoms with Gasteiger partial charge in [0.2, 0.25) is 5.91 Å². The van der Waals surface area contributed by atoms with Crippen molar-refractivity contribution in [1.29, 1.82) is 0 Å². The maximum atomic E-state index is 12.2. The molecular weight excluding hydrogens is 302 g/mol. The Hall–Kier alpha value is -2.50. The van der Waals surface area contributed by atoms with Crippen LogP contribution in [0.25, 0.3) is 11.5 Å². The monoisotopic (exact) mass is 325 g/mol. The maximum absolute atomic E-state index is 12.2. The maximum Gasteiger partial charge on any atom is 0.248 e. The molecule has 1 aliphatic rings. The Morgan fingerprint density at radius 2 is 2.17 bits per heavy atom. The number of imidazole rings is 1. The van der Waals surface area contributed by atoms with Gasteiger partial charge in [0.1, 0.15) is 5.69 Å². The number of carbonyl (C=O) groups is 1. The number of nitrogens with zero attached hydrogens (tertiary/aromatic N) is 4. The summed E-state index contributed by atoms with van der Waals surface area (Å²) in [6, 6.07) is 0. The second kappa shape index (κ2) is 6.95. The van der Waals surface area contributed by atoms with Gasteiger partial charge in [-0.1, -0.05) is 6.58 Å². The summed E-state index contributed by atoms with van der Waals surface area (Å²) in [5, 5.41) is 0. The van der Waals surface area contributed by atoms with Crippen molar-refractivity contribution in [2.45, 2.75) is 33.1 Å². The Balaban J connectivity index is 1.77. The standard InChI is InChI=1S/C18H23N5O/c1-12(2)18(24)23-8-4-5-14(11-23)9-15-16(20-7-6-19-15)17-21-10-13(3)22-17/h6-7,10,14H,1,4-5,8-9,11H2,2-3H3,(H,21,22). The van der Waals surface area contributed by atoms with Crippen molar-refractivity contribution in [2.75, 3.05) is 13.1 Å². The van der Waals surface area contributed by atoms with Gasteiger partial charge in [0.25, 0.3) is 0 Å². The Morgan fingerprint density at radius 3 is 2.88 bits per heavy atom. The zero-order valence-corrected chi connectivity index (χ0v) is 14.2. The highest BCUT2D eigenvalue weighted by Gasteiger charge is 2.25. The van der Waals surface area contributed by atoms with Gasteiger partial charge < -0.3 is 9.88 Å². The molecular formula is C18H23N5O. The van der Waals surface area contributed by atoms with E-state index in [-0.39, 0.29) is 5.91 Å². The van der Waals surface area contributed by atoms with E-state index < -0.39 is 0 Å². The van der Waals surface area contributed by atoms with Gasteiger partial charge in [0.15, 0.2) is 5.82 Å². The average Bonchev–Trinajstić information content (AvgIpc) is 3.01. The second-order valence-electron chi connectivity index (χ2n) is 6.51. The first-order valence-electron chi connectivity index (χ1n) is 8.31. The van der Waals surface area contributed by atoms with Crippen molar-refractivity contribution >= 4 is 5.91 Å². The van der Waals surface area contributed by atoms with Crippen molar-refractivity contribution in [3.63, 3.8) is 0 Å². The largest absolute Gasteiger partial charge is 0.341 e. The molecule has 3 rings (SSSR count). The SMILES string of the molecule is C=C(C)C(=O)N1CCCC(Cc2nccnc2-c2ncc(C)[nH]2)C1. The number of hydrogen-bond donors (Lipinski definition) is 1. The number of nitrogens with one attached hydrogen (secondary N) is 1. The van der Waals surface area contributed by atoms with Crippen molar-refractivity contribution < 1.29 is 4.79 Å². The molecule has 6 heteroatoms. The predicted molar refractivity (Wildman–Crippen MR) is 92.2 cm³/mol. The summed E-state index contributed by atoms with van der Waals surface area (Å²) in [7, 11) is 0. The number of piperidine rings is 1.